The molecule has 0 radical (unpaired) electrons. The van der Waals surface area contributed by atoms with Gasteiger partial charge in [-0.1, -0.05) is 18.2 Å². The fraction of sp³-hybridized carbons (Fsp3) is 0.375. The third kappa shape index (κ3) is 2.45. The number of ether oxygens (including phenoxy) is 1. The molecule has 0 saturated carbocycles. The van der Waals surface area contributed by atoms with Gasteiger partial charge in [-0.05, 0) is 19.1 Å². The highest BCUT2D eigenvalue weighted by atomic mass is 16.5. The van der Waals surface area contributed by atoms with Gasteiger partial charge in [0.1, 0.15) is 6.04 Å². The van der Waals surface area contributed by atoms with E-state index in [1.165, 1.54) is 0 Å². The van der Waals surface area contributed by atoms with Crippen LogP contribution in [0.25, 0.3) is 10.9 Å². The van der Waals surface area contributed by atoms with E-state index in [2.05, 4.69) is 4.98 Å². The molecular formula is C16H18N2O3. The summed E-state index contributed by atoms with van der Waals surface area (Å²) in [6, 6.07) is 9.22. The molecule has 0 aliphatic carbocycles. The van der Waals surface area contributed by atoms with Crippen molar-refractivity contribution in [3.8, 4) is 0 Å². The van der Waals surface area contributed by atoms with E-state index in [0.717, 1.165) is 22.3 Å². The van der Waals surface area contributed by atoms with Crippen LogP contribution in [0.3, 0.4) is 0 Å². The molecule has 110 valence electrons. The van der Waals surface area contributed by atoms with Crippen LogP contribution in [-0.2, 0) is 9.53 Å². The lowest BCUT2D eigenvalue weighted by Gasteiger charge is -2.25. The topological polar surface area (TPSA) is 62.7 Å². The fourth-order valence-corrected chi connectivity index (χ4v) is 2.99. The third-order valence-electron chi connectivity index (χ3n) is 4.01. The highest BCUT2D eigenvalue weighted by Gasteiger charge is 2.37. The van der Waals surface area contributed by atoms with Crippen molar-refractivity contribution in [2.24, 2.45) is 0 Å². The van der Waals surface area contributed by atoms with E-state index in [1.54, 1.807) is 7.11 Å². The molecule has 5 nitrogen and oxygen atoms in total. The Bertz CT molecular complexity index is 686. The lowest BCUT2D eigenvalue weighted by atomic mass is 10.1. The van der Waals surface area contributed by atoms with Gasteiger partial charge in [0, 0.05) is 36.8 Å². The summed E-state index contributed by atoms with van der Waals surface area (Å²) in [4.78, 5) is 18.0. The molecule has 5 heteroatoms. The van der Waals surface area contributed by atoms with E-state index in [-0.39, 0.29) is 6.10 Å². The molecule has 3 rings (SSSR count). The van der Waals surface area contributed by atoms with Gasteiger partial charge < -0.3 is 14.7 Å². The molecule has 2 aromatic rings. The van der Waals surface area contributed by atoms with E-state index >= 15 is 0 Å². The minimum absolute atomic E-state index is 0.0571. The first-order chi connectivity index (χ1) is 10.1. The first-order valence-electron chi connectivity index (χ1n) is 6.99. The molecule has 1 N–H and O–H groups in total. The number of hydrogen-bond acceptors (Lipinski definition) is 4. The monoisotopic (exact) mass is 286 g/mol. The standard InChI is InChI=1S/C16H18N2O3/c1-10-7-14(12-5-3-4-6-13(12)17-10)18-9-11(21-2)8-15(18)16(19)20/h3-7,11,15H,8-9H2,1-2H3,(H,19,20). The van der Waals surface area contributed by atoms with Crippen molar-refractivity contribution in [1.82, 2.24) is 4.98 Å². The molecule has 2 atom stereocenters. The number of carboxylic acid groups (broad SMARTS) is 1. The van der Waals surface area contributed by atoms with E-state index in [1.807, 2.05) is 42.2 Å². The van der Waals surface area contributed by atoms with Crippen LogP contribution in [0.2, 0.25) is 0 Å². The SMILES string of the molecule is COC1CC(C(=O)O)N(c2cc(C)nc3ccccc23)C1. The second-order valence-corrected chi connectivity index (χ2v) is 5.40. The normalized spacial score (nSPS) is 21.9. The average Bonchev–Trinajstić information content (AvgIpc) is 2.90. The molecule has 21 heavy (non-hydrogen) atoms. The number of anilines is 1. The first-order valence-corrected chi connectivity index (χ1v) is 6.99. The van der Waals surface area contributed by atoms with Crippen molar-refractivity contribution in [1.29, 1.82) is 0 Å². The number of benzene rings is 1. The number of fused-ring (bicyclic) bond motifs is 1. The lowest BCUT2D eigenvalue weighted by Crippen LogP contribution is -2.36. The quantitative estimate of drug-likeness (QED) is 0.937. The maximum absolute atomic E-state index is 11.6. The molecule has 1 aromatic carbocycles. The second kappa shape index (κ2) is 5.33. The molecule has 0 spiro atoms. The van der Waals surface area contributed by atoms with E-state index in [0.29, 0.717) is 13.0 Å². The molecule has 1 aromatic heterocycles. The number of methoxy groups -OCH3 is 1. The summed E-state index contributed by atoms with van der Waals surface area (Å²) in [6.45, 7) is 2.51. The molecule has 2 unspecified atom stereocenters. The van der Waals surface area contributed by atoms with Crippen LogP contribution in [-0.4, -0.2) is 41.9 Å². The van der Waals surface area contributed by atoms with E-state index in [9.17, 15) is 9.90 Å². The Kier molecular flexibility index (Phi) is 3.51. The number of pyridine rings is 1. The van der Waals surface area contributed by atoms with Gasteiger partial charge in [-0.2, -0.15) is 0 Å². The third-order valence-corrected chi connectivity index (χ3v) is 4.01. The molecule has 1 fully saturated rings. The summed E-state index contributed by atoms with van der Waals surface area (Å²) < 4.78 is 5.36. The number of para-hydroxylation sites is 1. The number of rotatable bonds is 3. The molecule has 0 amide bonds. The van der Waals surface area contributed by atoms with E-state index in [4.69, 9.17) is 4.74 Å². The number of carbonyl (C=O) groups is 1. The Morgan fingerprint density at radius 2 is 2.19 bits per heavy atom. The van der Waals surface area contributed by atoms with Gasteiger partial charge in [0.2, 0.25) is 0 Å². The summed E-state index contributed by atoms with van der Waals surface area (Å²) in [5.74, 6) is -0.812. The Balaban J connectivity index is 2.12. The van der Waals surface area contributed by atoms with Crippen LogP contribution in [0.15, 0.2) is 30.3 Å². The minimum Gasteiger partial charge on any atom is -0.480 e. The fourth-order valence-electron chi connectivity index (χ4n) is 2.99. The van der Waals surface area contributed by atoms with Crippen molar-refractivity contribution in [3.63, 3.8) is 0 Å². The first kappa shape index (κ1) is 13.8. The van der Waals surface area contributed by atoms with Crippen molar-refractivity contribution in [2.45, 2.75) is 25.5 Å². The maximum atomic E-state index is 11.6. The molecule has 1 aliphatic rings. The highest BCUT2D eigenvalue weighted by molar-refractivity contribution is 5.94. The number of aryl methyl sites for hydroxylation is 1. The zero-order chi connectivity index (χ0) is 15.0. The molecule has 1 aliphatic heterocycles. The summed E-state index contributed by atoms with van der Waals surface area (Å²) >= 11 is 0. The average molecular weight is 286 g/mol. The highest BCUT2D eigenvalue weighted by Crippen LogP contribution is 2.33. The molecular weight excluding hydrogens is 268 g/mol. The van der Waals surface area contributed by atoms with Gasteiger partial charge in [0.05, 0.1) is 11.6 Å². The Hall–Kier alpha value is -2.14. The predicted molar refractivity (Wildman–Crippen MR) is 80.7 cm³/mol. The molecule has 2 heterocycles. The van der Waals surface area contributed by atoms with Crippen LogP contribution < -0.4 is 4.90 Å². The number of hydrogen-bond donors (Lipinski definition) is 1. The molecule has 0 bridgehead atoms. The maximum Gasteiger partial charge on any atom is 0.326 e. The minimum atomic E-state index is -0.812. The zero-order valence-corrected chi connectivity index (χ0v) is 12.1. The summed E-state index contributed by atoms with van der Waals surface area (Å²) in [5.41, 5.74) is 2.69. The van der Waals surface area contributed by atoms with Gasteiger partial charge >= 0.3 is 5.97 Å². The predicted octanol–water partition coefficient (Wildman–Crippen LogP) is 2.22. The Labute approximate surface area is 123 Å². The summed E-state index contributed by atoms with van der Waals surface area (Å²) in [7, 11) is 1.63. The summed E-state index contributed by atoms with van der Waals surface area (Å²) in [5, 5.41) is 10.5. The van der Waals surface area contributed by atoms with Crippen LogP contribution in [0, 0.1) is 6.92 Å². The van der Waals surface area contributed by atoms with Gasteiger partial charge in [-0.3, -0.25) is 4.98 Å². The number of nitrogens with zero attached hydrogens (tertiary/aromatic N) is 2. The van der Waals surface area contributed by atoms with Crippen molar-refractivity contribution in [3.05, 3.63) is 36.0 Å². The number of carboxylic acids is 1. The number of aliphatic carboxylic acids is 1. The summed E-state index contributed by atoms with van der Waals surface area (Å²) in [6.07, 6.45) is 0.444. The Morgan fingerprint density at radius 3 is 2.90 bits per heavy atom. The van der Waals surface area contributed by atoms with Crippen LogP contribution in [0.1, 0.15) is 12.1 Å². The van der Waals surface area contributed by atoms with Gasteiger partial charge in [0.25, 0.3) is 0 Å². The molecule has 1 saturated heterocycles. The van der Waals surface area contributed by atoms with Gasteiger partial charge in [-0.15, -0.1) is 0 Å². The van der Waals surface area contributed by atoms with Gasteiger partial charge in [-0.25, -0.2) is 4.79 Å². The largest absolute Gasteiger partial charge is 0.480 e. The van der Waals surface area contributed by atoms with Gasteiger partial charge in [0.15, 0.2) is 0 Å². The van der Waals surface area contributed by atoms with Crippen molar-refractivity contribution in [2.75, 3.05) is 18.6 Å². The van der Waals surface area contributed by atoms with E-state index < -0.39 is 12.0 Å². The van der Waals surface area contributed by atoms with Crippen LogP contribution in [0.4, 0.5) is 5.69 Å². The lowest BCUT2D eigenvalue weighted by molar-refractivity contribution is -0.138. The number of aromatic nitrogens is 1. The second-order valence-electron chi connectivity index (χ2n) is 5.40. The van der Waals surface area contributed by atoms with Crippen molar-refractivity contribution < 1.29 is 14.6 Å². The smallest absolute Gasteiger partial charge is 0.326 e. The van der Waals surface area contributed by atoms with Crippen LogP contribution >= 0.6 is 0 Å². The van der Waals surface area contributed by atoms with Crippen molar-refractivity contribution >= 4 is 22.6 Å². The van der Waals surface area contributed by atoms with Crippen LogP contribution in [0.5, 0.6) is 0 Å². The zero-order valence-electron chi connectivity index (χ0n) is 12.1. The Morgan fingerprint density at radius 1 is 1.43 bits per heavy atom.